The molecule has 21 heavy (non-hydrogen) atoms. The van der Waals surface area contributed by atoms with Gasteiger partial charge in [-0.2, -0.15) is 18.2 Å². The molecule has 0 aliphatic rings. The molecule has 0 N–H and O–H groups in total. The zero-order valence-electron chi connectivity index (χ0n) is 10.9. The minimum absolute atomic E-state index is 0.0224. The Labute approximate surface area is 118 Å². The Morgan fingerprint density at radius 1 is 1.19 bits per heavy atom. The summed E-state index contributed by atoms with van der Waals surface area (Å²) < 4.78 is 64.1. The number of sulfone groups is 1. The summed E-state index contributed by atoms with van der Waals surface area (Å²) in [5, 5.41) is 3.25. The standard InChI is InChI=1S/C12H11F3N2O3S/c1-2-21(18,19)7-8-3-5-9(6-4-8)10-16-11(20-17-10)12(13,14)15/h3-6H,2,7H2,1H3. The van der Waals surface area contributed by atoms with Gasteiger partial charge in [-0.15, -0.1) is 0 Å². The van der Waals surface area contributed by atoms with E-state index < -0.39 is 21.9 Å². The number of benzene rings is 1. The Morgan fingerprint density at radius 3 is 2.29 bits per heavy atom. The van der Waals surface area contributed by atoms with Gasteiger partial charge in [-0.25, -0.2) is 8.42 Å². The number of aromatic nitrogens is 2. The predicted octanol–water partition coefficient (Wildman–Crippen LogP) is 2.69. The summed E-state index contributed by atoms with van der Waals surface area (Å²) in [4.78, 5) is 3.25. The minimum atomic E-state index is -4.69. The summed E-state index contributed by atoms with van der Waals surface area (Å²) in [7, 11) is -3.16. The second-order valence-electron chi connectivity index (χ2n) is 4.29. The van der Waals surface area contributed by atoms with Crippen LogP contribution in [0.4, 0.5) is 13.2 Å². The van der Waals surface area contributed by atoms with Crippen LogP contribution in [0.3, 0.4) is 0 Å². The third kappa shape index (κ3) is 3.81. The van der Waals surface area contributed by atoms with E-state index in [0.717, 1.165) is 0 Å². The molecule has 9 heteroatoms. The normalized spacial score (nSPS) is 12.6. The predicted molar refractivity (Wildman–Crippen MR) is 67.9 cm³/mol. The Balaban J connectivity index is 2.21. The number of alkyl halides is 3. The van der Waals surface area contributed by atoms with Gasteiger partial charge in [-0.3, -0.25) is 0 Å². The van der Waals surface area contributed by atoms with Crippen LogP contribution in [-0.2, 0) is 21.8 Å². The molecule has 0 saturated heterocycles. The van der Waals surface area contributed by atoms with Crippen molar-refractivity contribution < 1.29 is 26.1 Å². The van der Waals surface area contributed by atoms with E-state index in [2.05, 4.69) is 14.7 Å². The average Bonchev–Trinajstić information content (AvgIpc) is 2.89. The van der Waals surface area contributed by atoms with E-state index in [1.807, 2.05) is 0 Å². The molecule has 114 valence electrons. The average molecular weight is 320 g/mol. The van der Waals surface area contributed by atoms with E-state index in [1.165, 1.54) is 24.3 Å². The highest BCUT2D eigenvalue weighted by Crippen LogP contribution is 2.29. The molecule has 2 aromatic rings. The number of hydrogen-bond acceptors (Lipinski definition) is 5. The monoisotopic (exact) mass is 320 g/mol. The molecular formula is C12H11F3N2O3S. The van der Waals surface area contributed by atoms with Gasteiger partial charge in [-0.05, 0) is 5.56 Å². The van der Waals surface area contributed by atoms with Crippen LogP contribution in [0.15, 0.2) is 28.8 Å². The van der Waals surface area contributed by atoms with E-state index >= 15 is 0 Å². The first-order valence-electron chi connectivity index (χ1n) is 5.92. The SMILES string of the molecule is CCS(=O)(=O)Cc1ccc(-c2noc(C(F)(F)F)n2)cc1. The van der Waals surface area contributed by atoms with E-state index in [0.29, 0.717) is 11.1 Å². The van der Waals surface area contributed by atoms with E-state index in [4.69, 9.17) is 0 Å². The molecule has 0 atom stereocenters. The lowest BCUT2D eigenvalue weighted by molar-refractivity contribution is -0.159. The van der Waals surface area contributed by atoms with Crippen molar-refractivity contribution in [1.82, 2.24) is 10.1 Å². The lowest BCUT2D eigenvalue weighted by atomic mass is 10.1. The van der Waals surface area contributed by atoms with Gasteiger partial charge >= 0.3 is 12.1 Å². The fourth-order valence-electron chi connectivity index (χ4n) is 1.56. The molecule has 0 bridgehead atoms. The zero-order valence-corrected chi connectivity index (χ0v) is 11.7. The summed E-state index contributed by atoms with van der Waals surface area (Å²) >= 11 is 0. The van der Waals surface area contributed by atoms with Crippen LogP contribution in [-0.4, -0.2) is 24.3 Å². The summed E-state index contributed by atoms with van der Waals surface area (Å²) in [5.41, 5.74) is 0.854. The van der Waals surface area contributed by atoms with E-state index in [1.54, 1.807) is 6.92 Å². The molecule has 0 fully saturated rings. The molecule has 2 rings (SSSR count). The molecule has 0 spiro atoms. The Hall–Kier alpha value is -1.90. The third-order valence-electron chi connectivity index (χ3n) is 2.71. The summed E-state index contributed by atoms with van der Waals surface area (Å²) in [6.07, 6.45) is -4.69. The van der Waals surface area contributed by atoms with Crippen molar-refractivity contribution in [2.24, 2.45) is 0 Å². The lowest BCUT2D eigenvalue weighted by Gasteiger charge is -2.02. The molecule has 0 radical (unpaired) electrons. The topological polar surface area (TPSA) is 73.1 Å². The molecule has 1 heterocycles. The van der Waals surface area contributed by atoms with Crippen LogP contribution < -0.4 is 0 Å². The molecule has 1 aromatic carbocycles. The van der Waals surface area contributed by atoms with E-state index in [-0.39, 0.29) is 17.3 Å². The van der Waals surface area contributed by atoms with Crippen molar-refractivity contribution in [3.63, 3.8) is 0 Å². The van der Waals surface area contributed by atoms with Crippen molar-refractivity contribution in [1.29, 1.82) is 0 Å². The number of nitrogens with zero attached hydrogens (tertiary/aromatic N) is 2. The number of halogens is 3. The van der Waals surface area contributed by atoms with Gasteiger partial charge in [0.05, 0.1) is 5.75 Å². The fraction of sp³-hybridized carbons (Fsp3) is 0.333. The van der Waals surface area contributed by atoms with Gasteiger partial charge < -0.3 is 4.52 Å². The van der Waals surface area contributed by atoms with Crippen molar-refractivity contribution in [3.05, 3.63) is 35.7 Å². The van der Waals surface area contributed by atoms with Crippen LogP contribution in [0.2, 0.25) is 0 Å². The molecule has 0 amide bonds. The van der Waals surface area contributed by atoms with Crippen molar-refractivity contribution >= 4 is 9.84 Å². The first-order valence-corrected chi connectivity index (χ1v) is 7.74. The Bertz CT molecular complexity index is 721. The second-order valence-corrected chi connectivity index (χ2v) is 6.65. The molecule has 1 aromatic heterocycles. The van der Waals surface area contributed by atoms with Gasteiger partial charge in [0.1, 0.15) is 0 Å². The van der Waals surface area contributed by atoms with Crippen molar-refractivity contribution in [2.45, 2.75) is 18.9 Å². The Morgan fingerprint density at radius 2 is 1.81 bits per heavy atom. The molecule has 0 saturated carbocycles. The largest absolute Gasteiger partial charge is 0.471 e. The fourth-order valence-corrected chi connectivity index (χ4v) is 2.47. The second kappa shape index (κ2) is 5.47. The van der Waals surface area contributed by atoms with Gasteiger partial charge in [0.15, 0.2) is 9.84 Å². The summed E-state index contributed by atoms with van der Waals surface area (Å²) in [5.74, 6) is -1.72. The van der Waals surface area contributed by atoms with Gasteiger partial charge in [0, 0.05) is 11.3 Å². The lowest BCUT2D eigenvalue weighted by Crippen LogP contribution is -2.06. The zero-order chi connectivity index (χ0) is 15.7. The van der Waals surface area contributed by atoms with Crippen LogP contribution >= 0.6 is 0 Å². The number of rotatable bonds is 4. The molecule has 0 aliphatic carbocycles. The maximum atomic E-state index is 12.3. The third-order valence-corrected chi connectivity index (χ3v) is 4.36. The quantitative estimate of drug-likeness (QED) is 0.866. The first-order chi connectivity index (χ1) is 9.71. The maximum Gasteiger partial charge on any atom is 0.471 e. The van der Waals surface area contributed by atoms with Crippen molar-refractivity contribution in [3.8, 4) is 11.4 Å². The van der Waals surface area contributed by atoms with Gasteiger partial charge in [0.2, 0.25) is 5.82 Å². The number of hydrogen-bond donors (Lipinski definition) is 0. The molecule has 0 unspecified atom stereocenters. The highest BCUT2D eigenvalue weighted by molar-refractivity contribution is 7.90. The van der Waals surface area contributed by atoms with Gasteiger partial charge in [0.25, 0.3) is 0 Å². The minimum Gasteiger partial charge on any atom is -0.329 e. The summed E-state index contributed by atoms with van der Waals surface area (Å²) in [6.45, 7) is 1.54. The molecule has 0 aliphatic heterocycles. The van der Waals surface area contributed by atoms with Crippen LogP contribution in [0.5, 0.6) is 0 Å². The highest BCUT2D eigenvalue weighted by Gasteiger charge is 2.38. The van der Waals surface area contributed by atoms with Gasteiger partial charge in [-0.1, -0.05) is 36.3 Å². The summed E-state index contributed by atoms with van der Waals surface area (Å²) in [6, 6.07) is 5.91. The maximum absolute atomic E-state index is 12.3. The molecule has 5 nitrogen and oxygen atoms in total. The Kier molecular flexibility index (Phi) is 4.04. The van der Waals surface area contributed by atoms with Crippen molar-refractivity contribution in [2.75, 3.05) is 5.75 Å². The first kappa shape index (κ1) is 15.5. The van der Waals surface area contributed by atoms with Crippen LogP contribution in [0.1, 0.15) is 18.4 Å². The van der Waals surface area contributed by atoms with E-state index in [9.17, 15) is 21.6 Å². The smallest absolute Gasteiger partial charge is 0.329 e. The highest BCUT2D eigenvalue weighted by atomic mass is 32.2. The molecular weight excluding hydrogens is 309 g/mol. The van der Waals surface area contributed by atoms with Crippen LogP contribution in [0, 0.1) is 0 Å². The van der Waals surface area contributed by atoms with Crippen LogP contribution in [0.25, 0.3) is 11.4 Å².